The van der Waals surface area contributed by atoms with Crippen LogP contribution in [0, 0.1) is 0 Å². The van der Waals surface area contributed by atoms with Crippen molar-refractivity contribution in [2.24, 2.45) is 5.73 Å². The van der Waals surface area contributed by atoms with E-state index in [2.05, 4.69) is 6.07 Å². The van der Waals surface area contributed by atoms with Gasteiger partial charge in [0.05, 0.1) is 5.52 Å². The Bertz CT molecular complexity index is 620. The molecule has 3 rings (SSSR count). The molecule has 1 saturated carbocycles. The molecule has 0 radical (unpaired) electrons. The predicted octanol–water partition coefficient (Wildman–Crippen LogP) is 1.60. The van der Waals surface area contributed by atoms with Gasteiger partial charge in [-0.3, -0.25) is 4.57 Å². The van der Waals surface area contributed by atoms with Crippen molar-refractivity contribution in [3.8, 4) is 0 Å². The van der Waals surface area contributed by atoms with Crippen LogP contribution in [0.1, 0.15) is 25.3 Å². The maximum atomic E-state index is 11.6. The lowest BCUT2D eigenvalue weighted by molar-refractivity contribution is 0.513. The van der Waals surface area contributed by atoms with Crippen molar-refractivity contribution in [3.05, 3.63) is 34.3 Å². The van der Waals surface area contributed by atoms with Gasteiger partial charge in [-0.25, -0.2) is 4.79 Å². The average molecular weight is 232 g/mol. The summed E-state index contributed by atoms with van der Waals surface area (Å²) in [4.78, 5) is 11.6. The van der Waals surface area contributed by atoms with Gasteiger partial charge >= 0.3 is 5.76 Å². The fourth-order valence-electron chi connectivity index (χ4n) is 2.45. The van der Waals surface area contributed by atoms with Gasteiger partial charge in [-0.15, -0.1) is 0 Å². The second-order valence-corrected chi connectivity index (χ2v) is 4.78. The van der Waals surface area contributed by atoms with E-state index in [1.54, 1.807) is 4.57 Å². The normalized spacial score (nSPS) is 17.5. The summed E-state index contributed by atoms with van der Waals surface area (Å²) in [6, 6.07) is 5.97. The number of benzene rings is 1. The van der Waals surface area contributed by atoms with Gasteiger partial charge in [-0.05, 0) is 37.5 Å². The van der Waals surface area contributed by atoms with E-state index in [4.69, 9.17) is 10.2 Å². The third kappa shape index (κ3) is 1.44. The van der Waals surface area contributed by atoms with E-state index in [9.17, 15) is 4.79 Å². The second kappa shape index (κ2) is 3.47. The fourth-order valence-corrected chi connectivity index (χ4v) is 2.45. The minimum absolute atomic E-state index is 0.153. The molecular formula is C13H16N2O2. The van der Waals surface area contributed by atoms with Crippen molar-refractivity contribution in [2.45, 2.75) is 31.7 Å². The SMILES string of the molecule is CCn1c(=O)oc2ccc(C3(CN)CC3)cc21. The fraction of sp³-hybridized carbons (Fsp3) is 0.462. The highest BCUT2D eigenvalue weighted by Gasteiger charge is 2.43. The summed E-state index contributed by atoms with van der Waals surface area (Å²) in [5, 5.41) is 0. The molecule has 0 atom stereocenters. The van der Waals surface area contributed by atoms with Crippen LogP contribution in [0.2, 0.25) is 0 Å². The first-order chi connectivity index (χ1) is 8.20. The average Bonchev–Trinajstić information content (AvgIpc) is 3.07. The number of hydrogen-bond donors (Lipinski definition) is 1. The summed E-state index contributed by atoms with van der Waals surface area (Å²) in [7, 11) is 0. The van der Waals surface area contributed by atoms with E-state index >= 15 is 0 Å². The van der Waals surface area contributed by atoms with Gasteiger partial charge in [0.15, 0.2) is 5.58 Å². The summed E-state index contributed by atoms with van der Waals surface area (Å²) in [5.41, 5.74) is 8.76. The van der Waals surface area contributed by atoms with E-state index in [0.717, 1.165) is 18.4 Å². The summed E-state index contributed by atoms with van der Waals surface area (Å²) in [6.07, 6.45) is 2.28. The van der Waals surface area contributed by atoms with Crippen LogP contribution in [-0.4, -0.2) is 11.1 Å². The first-order valence-corrected chi connectivity index (χ1v) is 6.04. The zero-order chi connectivity index (χ0) is 12.0. The number of oxazole rings is 1. The van der Waals surface area contributed by atoms with Gasteiger partial charge in [0.1, 0.15) is 0 Å². The summed E-state index contributed by atoms with van der Waals surface area (Å²) in [6.45, 7) is 3.25. The van der Waals surface area contributed by atoms with Crippen LogP contribution in [0.3, 0.4) is 0 Å². The Morgan fingerprint density at radius 2 is 2.24 bits per heavy atom. The number of rotatable bonds is 3. The lowest BCUT2D eigenvalue weighted by atomic mass is 9.96. The van der Waals surface area contributed by atoms with Gasteiger partial charge in [-0.1, -0.05) is 6.07 Å². The van der Waals surface area contributed by atoms with Crippen LogP contribution in [-0.2, 0) is 12.0 Å². The maximum Gasteiger partial charge on any atom is 0.419 e. The van der Waals surface area contributed by atoms with Crippen LogP contribution in [0.25, 0.3) is 11.1 Å². The molecule has 0 unspecified atom stereocenters. The highest BCUT2D eigenvalue weighted by atomic mass is 16.4. The van der Waals surface area contributed by atoms with Crippen molar-refractivity contribution >= 4 is 11.1 Å². The highest BCUT2D eigenvalue weighted by molar-refractivity contribution is 5.74. The molecule has 4 heteroatoms. The van der Waals surface area contributed by atoms with Crippen molar-refractivity contribution in [3.63, 3.8) is 0 Å². The number of fused-ring (bicyclic) bond motifs is 1. The largest absolute Gasteiger partial charge is 0.419 e. The minimum Gasteiger partial charge on any atom is -0.408 e. The maximum absolute atomic E-state index is 11.6. The molecule has 0 spiro atoms. The summed E-state index contributed by atoms with van der Waals surface area (Å²) >= 11 is 0. The van der Waals surface area contributed by atoms with Gasteiger partial charge in [0.25, 0.3) is 0 Å². The van der Waals surface area contributed by atoms with Crippen molar-refractivity contribution in [1.29, 1.82) is 0 Å². The molecular weight excluding hydrogens is 216 g/mol. The van der Waals surface area contributed by atoms with E-state index in [1.165, 1.54) is 5.56 Å². The number of nitrogens with two attached hydrogens (primary N) is 1. The number of aromatic nitrogens is 1. The Morgan fingerprint density at radius 1 is 1.47 bits per heavy atom. The molecule has 0 aliphatic heterocycles. The molecule has 1 aliphatic carbocycles. The molecule has 1 aromatic heterocycles. The topological polar surface area (TPSA) is 61.2 Å². The molecule has 4 nitrogen and oxygen atoms in total. The minimum atomic E-state index is -0.280. The molecule has 1 heterocycles. The molecule has 0 amide bonds. The van der Waals surface area contributed by atoms with Crippen LogP contribution in [0.5, 0.6) is 0 Å². The summed E-state index contributed by atoms with van der Waals surface area (Å²) in [5.74, 6) is -0.280. The molecule has 90 valence electrons. The Kier molecular flexibility index (Phi) is 2.16. The van der Waals surface area contributed by atoms with Crippen molar-refractivity contribution in [2.75, 3.05) is 6.54 Å². The zero-order valence-electron chi connectivity index (χ0n) is 9.90. The van der Waals surface area contributed by atoms with E-state index < -0.39 is 0 Å². The lowest BCUT2D eigenvalue weighted by Gasteiger charge is -2.12. The number of nitrogens with zero attached hydrogens (tertiary/aromatic N) is 1. The molecule has 2 N–H and O–H groups in total. The standard InChI is InChI=1S/C13H16N2O2/c1-2-15-10-7-9(13(8-14)5-6-13)3-4-11(10)17-12(15)16/h3-4,7H,2,5-6,8,14H2,1H3. The van der Waals surface area contributed by atoms with E-state index in [1.807, 2.05) is 19.1 Å². The predicted molar refractivity (Wildman–Crippen MR) is 66.1 cm³/mol. The molecule has 1 fully saturated rings. The Labute approximate surface area is 99.0 Å². The highest BCUT2D eigenvalue weighted by Crippen LogP contribution is 2.47. The van der Waals surface area contributed by atoms with Gasteiger partial charge < -0.3 is 10.2 Å². The third-order valence-corrected chi connectivity index (χ3v) is 3.84. The first-order valence-electron chi connectivity index (χ1n) is 6.04. The molecule has 17 heavy (non-hydrogen) atoms. The number of aryl methyl sites for hydroxylation is 1. The van der Waals surface area contributed by atoms with Crippen LogP contribution in [0.4, 0.5) is 0 Å². The first kappa shape index (κ1) is 10.6. The van der Waals surface area contributed by atoms with Crippen LogP contribution >= 0.6 is 0 Å². The van der Waals surface area contributed by atoms with Crippen molar-refractivity contribution in [1.82, 2.24) is 4.57 Å². The molecule has 1 aromatic carbocycles. The quantitative estimate of drug-likeness (QED) is 0.874. The van der Waals surface area contributed by atoms with E-state index in [0.29, 0.717) is 18.7 Å². The zero-order valence-corrected chi connectivity index (χ0v) is 9.90. The van der Waals surface area contributed by atoms with Gasteiger partial charge in [0.2, 0.25) is 0 Å². The Morgan fingerprint density at radius 3 is 2.82 bits per heavy atom. The van der Waals surface area contributed by atoms with E-state index in [-0.39, 0.29) is 11.2 Å². The van der Waals surface area contributed by atoms with Crippen LogP contribution < -0.4 is 11.5 Å². The van der Waals surface area contributed by atoms with Crippen LogP contribution in [0.15, 0.2) is 27.4 Å². The van der Waals surface area contributed by atoms with Gasteiger partial charge in [-0.2, -0.15) is 0 Å². The molecule has 0 bridgehead atoms. The lowest BCUT2D eigenvalue weighted by Crippen LogP contribution is -2.19. The smallest absolute Gasteiger partial charge is 0.408 e. The molecule has 0 saturated heterocycles. The number of hydrogen-bond acceptors (Lipinski definition) is 3. The molecule has 2 aromatic rings. The Hall–Kier alpha value is -1.55. The Balaban J connectivity index is 2.21. The van der Waals surface area contributed by atoms with Gasteiger partial charge in [0, 0.05) is 18.5 Å². The third-order valence-electron chi connectivity index (χ3n) is 3.84. The summed E-state index contributed by atoms with van der Waals surface area (Å²) < 4.78 is 6.85. The monoisotopic (exact) mass is 232 g/mol. The van der Waals surface area contributed by atoms with Crippen molar-refractivity contribution < 1.29 is 4.42 Å². The molecule has 1 aliphatic rings. The second-order valence-electron chi connectivity index (χ2n) is 4.78.